The van der Waals surface area contributed by atoms with Crippen LogP contribution in [0.15, 0.2) is 48.7 Å². The molecular formula is C20H22N6O3. The van der Waals surface area contributed by atoms with E-state index in [1.165, 1.54) is 0 Å². The van der Waals surface area contributed by atoms with Crippen molar-refractivity contribution in [2.24, 2.45) is 5.73 Å². The lowest BCUT2D eigenvalue weighted by molar-refractivity contribution is 0.100. The molecule has 0 aliphatic heterocycles. The third-order valence-corrected chi connectivity index (χ3v) is 4.09. The number of carbonyl (C=O) groups excluding carboxylic acids is 1. The lowest BCUT2D eigenvalue weighted by Crippen LogP contribution is -2.25. The van der Waals surface area contributed by atoms with Gasteiger partial charge in [0, 0.05) is 17.4 Å². The number of carboxylic acid groups (broad SMARTS) is 1. The Balaban J connectivity index is 2.14. The van der Waals surface area contributed by atoms with Gasteiger partial charge in [-0.3, -0.25) is 10.1 Å². The molecule has 29 heavy (non-hydrogen) atoms. The molecule has 2 heterocycles. The maximum Gasteiger partial charge on any atom is 0.409 e. The van der Waals surface area contributed by atoms with E-state index in [-0.39, 0.29) is 5.56 Å². The van der Waals surface area contributed by atoms with Gasteiger partial charge in [0.05, 0.1) is 5.54 Å². The zero-order chi connectivity index (χ0) is 21.2. The molecule has 5 N–H and O–H groups in total. The summed E-state index contributed by atoms with van der Waals surface area (Å²) in [6, 6.07) is 11.9. The summed E-state index contributed by atoms with van der Waals surface area (Å²) in [4.78, 5) is 27.4. The lowest BCUT2D eigenvalue weighted by Gasteiger charge is -2.23. The van der Waals surface area contributed by atoms with E-state index in [1.54, 1.807) is 47.3 Å². The Kier molecular flexibility index (Phi) is 5.22. The third kappa shape index (κ3) is 4.34. The summed E-state index contributed by atoms with van der Waals surface area (Å²) in [5.41, 5.74) is 6.92. The highest BCUT2D eigenvalue weighted by Gasteiger charge is 2.28. The Bertz CT molecular complexity index is 1040. The first kappa shape index (κ1) is 19.9. The number of nitrogens with two attached hydrogens (primary N) is 1. The number of amides is 2. The Labute approximate surface area is 167 Å². The summed E-state index contributed by atoms with van der Waals surface area (Å²) in [6.07, 6.45) is 0.480. The molecule has 3 aromatic rings. The van der Waals surface area contributed by atoms with Gasteiger partial charge in [-0.25, -0.2) is 14.5 Å². The van der Waals surface area contributed by atoms with Crippen molar-refractivity contribution in [1.82, 2.24) is 14.8 Å². The Hall–Kier alpha value is -3.88. The number of nitrogens with one attached hydrogen (secondary N) is 2. The third-order valence-electron chi connectivity index (χ3n) is 4.09. The second-order valence-corrected chi connectivity index (χ2v) is 7.37. The molecule has 2 amide bonds. The second-order valence-electron chi connectivity index (χ2n) is 7.37. The van der Waals surface area contributed by atoms with Crippen molar-refractivity contribution in [3.05, 3.63) is 54.2 Å². The number of aromatic nitrogens is 3. The summed E-state index contributed by atoms with van der Waals surface area (Å²) < 4.78 is 1.69. The average molecular weight is 394 g/mol. The van der Waals surface area contributed by atoms with Crippen molar-refractivity contribution in [3.8, 4) is 11.3 Å². The van der Waals surface area contributed by atoms with Gasteiger partial charge in [0.2, 0.25) is 0 Å². The number of hydrogen-bond donors (Lipinski definition) is 4. The standard InChI is InChI=1S/C20H22N6O3/c1-20(2,3)26-18(24-14-6-4-5-11-22-14)15(17(21)27)16(25-26)12-7-9-13(10-8-12)23-19(28)29/h4-11,23H,1-3H3,(H2,21,27)(H,22,24)(H,28,29). The lowest BCUT2D eigenvalue weighted by atomic mass is 10.1. The quantitative estimate of drug-likeness (QED) is 0.522. The molecule has 9 heteroatoms. The Morgan fingerprint density at radius 3 is 2.31 bits per heavy atom. The first-order valence-electron chi connectivity index (χ1n) is 8.88. The van der Waals surface area contributed by atoms with Crippen molar-refractivity contribution in [3.63, 3.8) is 0 Å². The van der Waals surface area contributed by atoms with E-state index in [9.17, 15) is 9.59 Å². The highest BCUT2D eigenvalue weighted by Crippen LogP contribution is 2.34. The number of hydrogen-bond acceptors (Lipinski definition) is 5. The molecule has 0 radical (unpaired) electrons. The fourth-order valence-electron chi connectivity index (χ4n) is 2.85. The van der Waals surface area contributed by atoms with Crippen LogP contribution in [-0.2, 0) is 5.54 Å². The normalized spacial score (nSPS) is 11.1. The number of benzene rings is 1. The highest BCUT2D eigenvalue weighted by molar-refractivity contribution is 6.04. The Morgan fingerprint density at radius 1 is 1.10 bits per heavy atom. The summed E-state index contributed by atoms with van der Waals surface area (Å²) in [7, 11) is 0. The second kappa shape index (κ2) is 7.63. The molecule has 0 atom stereocenters. The minimum atomic E-state index is -1.16. The molecule has 2 aromatic heterocycles. The molecule has 0 aliphatic rings. The summed E-state index contributed by atoms with van der Waals surface area (Å²) >= 11 is 0. The number of primary amides is 1. The fraction of sp³-hybridized carbons (Fsp3) is 0.200. The van der Waals surface area contributed by atoms with Crippen LogP contribution in [-0.4, -0.2) is 31.9 Å². The Morgan fingerprint density at radius 2 is 1.79 bits per heavy atom. The van der Waals surface area contributed by atoms with Crippen molar-refractivity contribution in [1.29, 1.82) is 0 Å². The van der Waals surface area contributed by atoms with Gasteiger partial charge in [0.15, 0.2) is 0 Å². The van der Waals surface area contributed by atoms with E-state index in [4.69, 9.17) is 10.8 Å². The van der Waals surface area contributed by atoms with Gasteiger partial charge in [0.1, 0.15) is 22.9 Å². The molecule has 0 spiro atoms. The first-order valence-corrected chi connectivity index (χ1v) is 8.88. The minimum Gasteiger partial charge on any atom is -0.465 e. The SMILES string of the molecule is CC(C)(C)n1nc(-c2ccc(NC(=O)O)cc2)c(C(N)=O)c1Nc1ccccn1. The maximum atomic E-state index is 12.4. The molecule has 3 rings (SSSR count). The molecule has 150 valence electrons. The van der Waals surface area contributed by atoms with E-state index >= 15 is 0 Å². The van der Waals surface area contributed by atoms with E-state index in [2.05, 4.69) is 20.7 Å². The topological polar surface area (TPSA) is 135 Å². The van der Waals surface area contributed by atoms with Crippen LogP contribution in [0.25, 0.3) is 11.3 Å². The van der Waals surface area contributed by atoms with Crippen LogP contribution in [0, 0.1) is 0 Å². The van der Waals surface area contributed by atoms with Crippen LogP contribution in [0.4, 0.5) is 22.1 Å². The minimum absolute atomic E-state index is 0.226. The van der Waals surface area contributed by atoms with Gasteiger partial charge in [-0.2, -0.15) is 5.10 Å². The van der Waals surface area contributed by atoms with Gasteiger partial charge in [0.25, 0.3) is 5.91 Å². The summed E-state index contributed by atoms with van der Waals surface area (Å²) in [5.74, 6) is 0.348. The van der Waals surface area contributed by atoms with Crippen LogP contribution in [0.1, 0.15) is 31.1 Å². The maximum absolute atomic E-state index is 12.4. The molecular weight excluding hydrogens is 372 g/mol. The zero-order valence-corrected chi connectivity index (χ0v) is 16.3. The van der Waals surface area contributed by atoms with Gasteiger partial charge in [-0.1, -0.05) is 18.2 Å². The summed E-state index contributed by atoms with van der Waals surface area (Å²) in [5, 5.41) is 18.9. The van der Waals surface area contributed by atoms with Crippen LogP contribution in [0.3, 0.4) is 0 Å². The van der Waals surface area contributed by atoms with E-state index < -0.39 is 17.5 Å². The van der Waals surface area contributed by atoms with E-state index in [0.29, 0.717) is 28.6 Å². The zero-order valence-electron chi connectivity index (χ0n) is 16.3. The smallest absolute Gasteiger partial charge is 0.409 e. The molecule has 0 aliphatic carbocycles. The number of anilines is 3. The number of carbonyl (C=O) groups is 2. The molecule has 1 aromatic carbocycles. The molecule has 0 bridgehead atoms. The van der Waals surface area contributed by atoms with Gasteiger partial charge < -0.3 is 16.2 Å². The van der Waals surface area contributed by atoms with Crippen molar-refractivity contribution >= 4 is 29.3 Å². The first-order chi connectivity index (χ1) is 13.7. The predicted octanol–water partition coefficient (Wildman–Crippen LogP) is 3.63. The fourth-order valence-corrected chi connectivity index (χ4v) is 2.85. The van der Waals surface area contributed by atoms with Crippen LogP contribution < -0.4 is 16.4 Å². The number of pyridine rings is 1. The van der Waals surface area contributed by atoms with Crippen LogP contribution >= 0.6 is 0 Å². The average Bonchev–Trinajstić information content (AvgIpc) is 3.02. The monoisotopic (exact) mass is 394 g/mol. The molecule has 0 fully saturated rings. The van der Waals surface area contributed by atoms with E-state index in [1.807, 2.05) is 26.8 Å². The van der Waals surface area contributed by atoms with Crippen molar-refractivity contribution in [2.75, 3.05) is 10.6 Å². The van der Waals surface area contributed by atoms with Gasteiger partial charge in [-0.05, 0) is 45.0 Å². The number of nitrogens with zero attached hydrogens (tertiary/aromatic N) is 3. The highest BCUT2D eigenvalue weighted by atomic mass is 16.4. The molecule has 0 saturated carbocycles. The summed E-state index contributed by atoms with van der Waals surface area (Å²) in [6.45, 7) is 5.87. The van der Waals surface area contributed by atoms with Crippen LogP contribution in [0.5, 0.6) is 0 Å². The van der Waals surface area contributed by atoms with Crippen molar-refractivity contribution in [2.45, 2.75) is 26.3 Å². The van der Waals surface area contributed by atoms with Crippen molar-refractivity contribution < 1.29 is 14.7 Å². The van der Waals surface area contributed by atoms with Gasteiger partial charge in [-0.15, -0.1) is 0 Å². The van der Waals surface area contributed by atoms with Crippen LogP contribution in [0.2, 0.25) is 0 Å². The molecule has 0 saturated heterocycles. The molecule has 0 unspecified atom stereocenters. The van der Waals surface area contributed by atoms with E-state index in [0.717, 1.165) is 0 Å². The number of rotatable bonds is 5. The van der Waals surface area contributed by atoms with Gasteiger partial charge >= 0.3 is 6.09 Å². The predicted molar refractivity (Wildman–Crippen MR) is 110 cm³/mol. The largest absolute Gasteiger partial charge is 0.465 e. The molecule has 9 nitrogen and oxygen atoms in total.